The highest BCUT2D eigenvalue weighted by atomic mass is 16.5. The second-order valence-corrected chi connectivity index (χ2v) is 8.89. The largest absolute Gasteiger partial charge is 0.512 e. The normalized spacial score (nSPS) is 20.6. The van der Waals surface area contributed by atoms with Crippen LogP contribution >= 0.6 is 0 Å². The smallest absolute Gasteiger partial charge is 0.167 e. The first kappa shape index (κ1) is 20.9. The van der Waals surface area contributed by atoms with Crippen molar-refractivity contribution in [2.75, 3.05) is 13.2 Å². The monoisotopic (exact) mass is 404 g/mol. The average molecular weight is 405 g/mol. The van der Waals surface area contributed by atoms with Crippen molar-refractivity contribution in [3.63, 3.8) is 0 Å². The van der Waals surface area contributed by atoms with Crippen LogP contribution in [-0.4, -0.2) is 24.1 Å². The maximum atomic E-state index is 13.1. The molecule has 0 saturated carbocycles. The van der Waals surface area contributed by atoms with Crippen molar-refractivity contribution in [2.24, 2.45) is 11.8 Å². The van der Waals surface area contributed by atoms with Gasteiger partial charge in [-0.2, -0.15) is 0 Å². The van der Waals surface area contributed by atoms with Crippen LogP contribution in [-0.2, 0) is 16.0 Å². The predicted octanol–water partition coefficient (Wildman–Crippen LogP) is 6.29. The Hall–Kier alpha value is -2.39. The molecule has 3 nitrogen and oxygen atoms in total. The summed E-state index contributed by atoms with van der Waals surface area (Å²) < 4.78 is 5.45. The Morgan fingerprint density at radius 3 is 2.33 bits per heavy atom. The molecule has 1 fully saturated rings. The van der Waals surface area contributed by atoms with Crippen LogP contribution in [0.5, 0.6) is 0 Å². The van der Waals surface area contributed by atoms with E-state index in [0.29, 0.717) is 24.3 Å². The first-order valence-corrected chi connectivity index (χ1v) is 11.3. The summed E-state index contributed by atoms with van der Waals surface area (Å²) in [5.74, 6) is 1.21. The lowest BCUT2D eigenvalue weighted by Gasteiger charge is -2.29. The fourth-order valence-electron chi connectivity index (χ4n) is 4.90. The summed E-state index contributed by atoms with van der Waals surface area (Å²) in [6.07, 6.45) is 5.30. The molecular weight excluding hydrogens is 372 g/mol. The molecule has 2 aromatic rings. The molecule has 1 N–H and O–H groups in total. The number of carbonyl (C=O) groups is 1. The molecule has 0 radical (unpaired) electrons. The van der Waals surface area contributed by atoms with E-state index in [4.69, 9.17) is 4.74 Å². The Kier molecular flexibility index (Phi) is 6.38. The highest BCUT2D eigenvalue weighted by Crippen LogP contribution is 2.38. The van der Waals surface area contributed by atoms with Gasteiger partial charge in [-0.15, -0.1) is 0 Å². The molecule has 0 amide bonds. The van der Waals surface area contributed by atoms with E-state index in [9.17, 15) is 9.90 Å². The molecule has 1 atom stereocenters. The lowest BCUT2D eigenvalue weighted by Crippen LogP contribution is -2.24. The fourth-order valence-corrected chi connectivity index (χ4v) is 4.90. The summed E-state index contributed by atoms with van der Waals surface area (Å²) in [6.45, 7) is 5.81. The zero-order chi connectivity index (χ0) is 21.1. The van der Waals surface area contributed by atoms with Crippen LogP contribution < -0.4 is 0 Å². The summed E-state index contributed by atoms with van der Waals surface area (Å²) in [7, 11) is 0. The Morgan fingerprint density at radius 1 is 0.967 bits per heavy atom. The lowest BCUT2D eigenvalue weighted by molar-refractivity contribution is -0.115. The maximum absolute atomic E-state index is 13.1. The van der Waals surface area contributed by atoms with Crippen molar-refractivity contribution in [3.05, 3.63) is 64.9 Å². The van der Waals surface area contributed by atoms with Gasteiger partial charge < -0.3 is 9.84 Å². The molecule has 2 aliphatic rings. The highest BCUT2D eigenvalue weighted by molar-refractivity contribution is 6.22. The van der Waals surface area contributed by atoms with E-state index in [2.05, 4.69) is 49.4 Å². The number of benzene rings is 2. The van der Waals surface area contributed by atoms with Gasteiger partial charge in [-0.05, 0) is 78.3 Å². The second kappa shape index (κ2) is 9.18. The van der Waals surface area contributed by atoms with Crippen LogP contribution in [0.25, 0.3) is 16.7 Å². The Bertz CT molecular complexity index is 933. The number of hydrogen-bond acceptors (Lipinski definition) is 3. The van der Waals surface area contributed by atoms with E-state index in [-0.39, 0.29) is 17.5 Å². The second-order valence-electron chi connectivity index (χ2n) is 8.89. The minimum atomic E-state index is 0.0809. The van der Waals surface area contributed by atoms with Gasteiger partial charge in [-0.1, -0.05) is 43.3 Å². The van der Waals surface area contributed by atoms with Crippen LogP contribution in [0.2, 0.25) is 0 Å². The van der Waals surface area contributed by atoms with Crippen LogP contribution in [0.15, 0.2) is 48.2 Å². The van der Waals surface area contributed by atoms with Gasteiger partial charge in [0.1, 0.15) is 5.76 Å². The number of Topliss-reactive ketones (excluding diaryl/α,β-unsaturated/α-hetero) is 1. The van der Waals surface area contributed by atoms with Gasteiger partial charge in [0.25, 0.3) is 0 Å². The fraction of sp³-hybridized carbons (Fsp3) is 0.444. The van der Waals surface area contributed by atoms with E-state index in [1.54, 1.807) is 0 Å². The number of aryl methyl sites for hydroxylation is 2. The van der Waals surface area contributed by atoms with Gasteiger partial charge in [-0.3, -0.25) is 4.79 Å². The first-order valence-electron chi connectivity index (χ1n) is 11.3. The van der Waals surface area contributed by atoms with E-state index in [1.165, 1.54) is 5.56 Å². The third-order valence-electron chi connectivity index (χ3n) is 6.73. The first-order chi connectivity index (χ1) is 14.5. The molecule has 0 aromatic heterocycles. The van der Waals surface area contributed by atoms with Crippen LogP contribution in [0, 0.1) is 18.8 Å². The van der Waals surface area contributed by atoms with Gasteiger partial charge in [-0.25, -0.2) is 0 Å². The van der Waals surface area contributed by atoms with E-state index in [0.717, 1.165) is 61.2 Å². The quantitative estimate of drug-likeness (QED) is 0.637. The van der Waals surface area contributed by atoms with Crippen LogP contribution in [0.3, 0.4) is 0 Å². The third kappa shape index (κ3) is 4.52. The van der Waals surface area contributed by atoms with Crippen molar-refractivity contribution in [1.82, 2.24) is 0 Å². The minimum absolute atomic E-state index is 0.0809. The van der Waals surface area contributed by atoms with E-state index < -0.39 is 0 Å². The summed E-state index contributed by atoms with van der Waals surface area (Å²) >= 11 is 0. The zero-order valence-corrected chi connectivity index (χ0v) is 18.1. The number of ketones is 1. The summed E-state index contributed by atoms with van der Waals surface area (Å²) in [5, 5.41) is 10.9. The Morgan fingerprint density at radius 2 is 1.67 bits per heavy atom. The molecule has 1 heterocycles. The van der Waals surface area contributed by atoms with Crippen molar-refractivity contribution >= 4 is 11.4 Å². The molecule has 0 spiro atoms. The van der Waals surface area contributed by atoms with Gasteiger partial charge in [0, 0.05) is 26.1 Å². The number of hydrogen-bond donors (Lipinski definition) is 1. The molecule has 158 valence electrons. The van der Waals surface area contributed by atoms with E-state index >= 15 is 0 Å². The zero-order valence-electron chi connectivity index (χ0n) is 18.1. The number of allylic oxidation sites excluding steroid dienone is 2. The molecular formula is C27H32O3. The van der Waals surface area contributed by atoms with Crippen molar-refractivity contribution in [1.29, 1.82) is 0 Å². The van der Waals surface area contributed by atoms with Crippen molar-refractivity contribution < 1.29 is 14.6 Å². The van der Waals surface area contributed by atoms with Gasteiger partial charge >= 0.3 is 0 Å². The summed E-state index contributed by atoms with van der Waals surface area (Å²) in [4.78, 5) is 13.1. The SMILES string of the molecule is CCc1ccc(-c2ccc(C)c(C3=C(O)CC(CC4CCOCC4)CC3=O)c2)cc1. The molecule has 3 heteroatoms. The lowest BCUT2D eigenvalue weighted by atomic mass is 9.77. The minimum Gasteiger partial charge on any atom is -0.512 e. The number of carbonyl (C=O) groups excluding carboxylic acids is 1. The molecule has 1 aliphatic heterocycles. The van der Waals surface area contributed by atoms with Gasteiger partial charge in [0.05, 0.1) is 5.57 Å². The number of ether oxygens (including phenoxy) is 1. The Labute approximate surface area is 179 Å². The highest BCUT2D eigenvalue weighted by Gasteiger charge is 2.31. The average Bonchev–Trinajstić information content (AvgIpc) is 2.75. The predicted molar refractivity (Wildman–Crippen MR) is 121 cm³/mol. The number of aliphatic hydroxyl groups is 1. The molecule has 1 aliphatic carbocycles. The molecule has 2 aromatic carbocycles. The van der Waals surface area contributed by atoms with Crippen molar-refractivity contribution in [3.8, 4) is 11.1 Å². The van der Waals surface area contributed by atoms with Gasteiger partial charge in [0.15, 0.2) is 5.78 Å². The molecule has 1 unspecified atom stereocenters. The molecule has 0 bridgehead atoms. The topological polar surface area (TPSA) is 46.5 Å². The van der Waals surface area contributed by atoms with E-state index in [1.807, 2.05) is 6.92 Å². The summed E-state index contributed by atoms with van der Waals surface area (Å²) in [5.41, 5.74) is 5.96. The maximum Gasteiger partial charge on any atom is 0.167 e. The third-order valence-corrected chi connectivity index (χ3v) is 6.73. The Balaban J connectivity index is 1.59. The standard InChI is InChI=1S/C27H32O3/c1-3-19-5-8-22(9-6-19)23-7-4-18(2)24(17-23)27-25(28)15-21(16-26(27)29)14-20-10-12-30-13-11-20/h4-9,17,20-21,28H,3,10-16H2,1-2H3. The number of aliphatic hydroxyl groups excluding tert-OH is 1. The van der Waals surface area contributed by atoms with Crippen LogP contribution in [0.1, 0.15) is 55.7 Å². The molecule has 4 rings (SSSR count). The number of rotatable bonds is 5. The summed E-state index contributed by atoms with van der Waals surface area (Å²) in [6, 6.07) is 14.8. The van der Waals surface area contributed by atoms with Crippen molar-refractivity contribution in [2.45, 2.75) is 52.4 Å². The molecule has 30 heavy (non-hydrogen) atoms. The van der Waals surface area contributed by atoms with Crippen LogP contribution in [0.4, 0.5) is 0 Å². The molecule has 1 saturated heterocycles. The van der Waals surface area contributed by atoms with Gasteiger partial charge in [0.2, 0.25) is 0 Å².